The third kappa shape index (κ3) is 3.23. The third-order valence-electron chi connectivity index (χ3n) is 3.47. The van der Waals surface area contributed by atoms with E-state index >= 15 is 0 Å². The maximum absolute atomic E-state index is 5.32. The van der Waals surface area contributed by atoms with Gasteiger partial charge in [0.2, 0.25) is 0 Å². The van der Waals surface area contributed by atoms with Gasteiger partial charge in [0.05, 0.1) is 0 Å². The van der Waals surface area contributed by atoms with Crippen molar-refractivity contribution in [3.63, 3.8) is 0 Å². The minimum absolute atomic E-state index is 0.309. The third-order valence-corrected chi connectivity index (χ3v) is 4.36. The number of nitrogens with zero attached hydrogens (tertiary/aromatic N) is 3. The molecule has 5 nitrogen and oxygen atoms in total. The SMILES string of the molecule is CNC(C)Cc1noc(-c2csc(-c3ccc(C)cc3)n2)n1. The van der Waals surface area contributed by atoms with Crippen LogP contribution in [0.15, 0.2) is 34.2 Å². The van der Waals surface area contributed by atoms with Crippen molar-refractivity contribution in [2.75, 3.05) is 7.05 Å². The molecule has 3 rings (SSSR count). The minimum Gasteiger partial charge on any atom is -0.332 e. The Labute approximate surface area is 133 Å². The summed E-state index contributed by atoms with van der Waals surface area (Å²) in [5.41, 5.74) is 3.07. The van der Waals surface area contributed by atoms with Crippen molar-refractivity contribution in [1.82, 2.24) is 20.4 Å². The molecule has 0 fully saturated rings. The molecule has 0 aliphatic carbocycles. The lowest BCUT2D eigenvalue weighted by Crippen LogP contribution is -2.24. The summed E-state index contributed by atoms with van der Waals surface area (Å²) in [5, 5.41) is 10.1. The van der Waals surface area contributed by atoms with Crippen molar-refractivity contribution < 1.29 is 4.52 Å². The van der Waals surface area contributed by atoms with Crippen LogP contribution in [0.25, 0.3) is 22.2 Å². The predicted octanol–water partition coefficient (Wildman–Crippen LogP) is 3.32. The summed E-state index contributed by atoms with van der Waals surface area (Å²) in [4.78, 5) is 9.02. The first-order chi connectivity index (χ1) is 10.7. The molecule has 1 aromatic carbocycles. The van der Waals surface area contributed by atoms with Crippen molar-refractivity contribution in [1.29, 1.82) is 0 Å². The zero-order chi connectivity index (χ0) is 15.5. The van der Waals surface area contributed by atoms with E-state index in [9.17, 15) is 0 Å². The predicted molar refractivity (Wildman–Crippen MR) is 87.8 cm³/mol. The maximum Gasteiger partial charge on any atom is 0.277 e. The van der Waals surface area contributed by atoms with E-state index in [1.54, 1.807) is 11.3 Å². The Kier molecular flexibility index (Phi) is 4.31. The summed E-state index contributed by atoms with van der Waals surface area (Å²) in [5.74, 6) is 1.18. The molecule has 0 bridgehead atoms. The molecule has 2 heterocycles. The van der Waals surface area contributed by atoms with Gasteiger partial charge in [-0.05, 0) is 20.9 Å². The molecule has 114 valence electrons. The summed E-state index contributed by atoms with van der Waals surface area (Å²) in [6.45, 7) is 4.15. The Balaban J connectivity index is 1.80. The molecule has 0 amide bonds. The van der Waals surface area contributed by atoms with Crippen LogP contribution in [0.4, 0.5) is 0 Å². The van der Waals surface area contributed by atoms with Gasteiger partial charge in [-0.25, -0.2) is 4.98 Å². The number of rotatable bonds is 5. The molecule has 3 aromatic rings. The van der Waals surface area contributed by atoms with Gasteiger partial charge in [-0.15, -0.1) is 11.3 Å². The number of benzene rings is 1. The van der Waals surface area contributed by atoms with Gasteiger partial charge in [-0.2, -0.15) is 4.98 Å². The average Bonchev–Trinajstić information content (AvgIpc) is 3.17. The van der Waals surface area contributed by atoms with Crippen molar-refractivity contribution >= 4 is 11.3 Å². The fraction of sp³-hybridized carbons (Fsp3) is 0.312. The van der Waals surface area contributed by atoms with Crippen molar-refractivity contribution in [2.24, 2.45) is 0 Å². The van der Waals surface area contributed by atoms with Crippen molar-refractivity contribution in [2.45, 2.75) is 26.3 Å². The second kappa shape index (κ2) is 6.37. The van der Waals surface area contributed by atoms with Gasteiger partial charge in [0, 0.05) is 23.4 Å². The molecule has 22 heavy (non-hydrogen) atoms. The Morgan fingerprint density at radius 1 is 1.23 bits per heavy atom. The van der Waals surface area contributed by atoms with Gasteiger partial charge < -0.3 is 9.84 Å². The molecule has 1 N–H and O–H groups in total. The van der Waals surface area contributed by atoms with Crippen LogP contribution < -0.4 is 5.32 Å². The van der Waals surface area contributed by atoms with E-state index in [0.717, 1.165) is 22.7 Å². The van der Waals surface area contributed by atoms with Crippen LogP contribution in [-0.2, 0) is 6.42 Å². The van der Waals surface area contributed by atoms with E-state index in [1.807, 2.05) is 12.4 Å². The summed E-state index contributed by atoms with van der Waals surface area (Å²) in [6.07, 6.45) is 0.731. The van der Waals surface area contributed by atoms with Crippen LogP contribution in [0.3, 0.4) is 0 Å². The van der Waals surface area contributed by atoms with Gasteiger partial charge in [0.25, 0.3) is 5.89 Å². The quantitative estimate of drug-likeness (QED) is 0.782. The van der Waals surface area contributed by atoms with E-state index in [4.69, 9.17) is 4.52 Å². The highest BCUT2D eigenvalue weighted by molar-refractivity contribution is 7.13. The summed E-state index contributed by atoms with van der Waals surface area (Å²) < 4.78 is 5.32. The highest BCUT2D eigenvalue weighted by Crippen LogP contribution is 2.28. The molecule has 1 atom stereocenters. The molecule has 2 aromatic heterocycles. The average molecular weight is 314 g/mol. The standard InChI is InChI=1S/C16H18N4OS/c1-10-4-6-12(7-5-10)16-18-13(9-22-16)15-19-14(20-21-15)8-11(2)17-3/h4-7,9,11,17H,8H2,1-3H3. The number of nitrogens with one attached hydrogen (secondary N) is 1. The minimum atomic E-state index is 0.309. The van der Waals surface area contributed by atoms with Gasteiger partial charge in [0.15, 0.2) is 5.82 Å². The molecule has 0 saturated carbocycles. The zero-order valence-electron chi connectivity index (χ0n) is 12.8. The summed E-state index contributed by atoms with van der Waals surface area (Å²) >= 11 is 1.58. The van der Waals surface area contributed by atoms with Gasteiger partial charge in [0.1, 0.15) is 10.7 Å². The van der Waals surface area contributed by atoms with Gasteiger partial charge in [-0.1, -0.05) is 35.0 Å². The van der Waals surface area contributed by atoms with Crippen LogP contribution in [0.5, 0.6) is 0 Å². The van der Waals surface area contributed by atoms with Crippen LogP contribution in [0.1, 0.15) is 18.3 Å². The second-order valence-corrected chi connectivity index (χ2v) is 6.17. The lowest BCUT2D eigenvalue weighted by Gasteiger charge is -2.04. The lowest BCUT2D eigenvalue weighted by molar-refractivity contribution is 0.417. The molecule has 0 aliphatic heterocycles. The summed E-state index contributed by atoms with van der Waals surface area (Å²) in [6, 6.07) is 8.63. The zero-order valence-corrected chi connectivity index (χ0v) is 13.6. The Bertz CT molecular complexity index is 748. The maximum atomic E-state index is 5.32. The second-order valence-electron chi connectivity index (χ2n) is 5.31. The van der Waals surface area contributed by atoms with Gasteiger partial charge >= 0.3 is 0 Å². The number of thiazole rings is 1. The van der Waals surface area contributed by atoms with E-state index in [1.165, 1.54) is 5.56 Å². The first kappa shape index (κ1) is 14.9. The Morgan fingerprint density at radius 3 is 2.73 bits per heavy atom. The molecule has 0 spiro atoms. The van der Waals surface area contributed by atoms with Crippen molar-refractivity contribution in [3.05, 3.63) is 41.0 Å². The molecule has 6 heteroatoms. The van der Waals surface area contributed by atoms with Crippen LogP contribution in [0, 0.1) is 6.92 Å². The first-order valence-electron chi connectivity index (χ1n) is 7.18. The van der Waals surface area contributed by atoms with E-state index in [2.05, 4.69) is 58.6 Å². The van der Waals surface area contributed by atoms with Crippen LogP contribution in [-0.4, -0.2) is 28.2 Å². The van der Waals surface area contributed by atoms with Crippen molar-refractivity contribution in [3.8, 4) is 22.2 Å². The molecule has 1 unspecified atom stereocenters. The Morgan fingerprint density at radius 2 is 2.00 bits per heavy atom. The Hall–Kier alpha value is -2.05. The van der Waals surface area contributed by atoms with E-state index < -0.39 is 0 Å². The van der Waals surface area contributed by atoms with E-state index in [0.29, 0.717) is 17.8 Å². The number of aromatic nitrogens is 3. The number of hydrogen-bond acceptors (Lipinski definition) is 6. The topological polar surface area (TPSA) is 63.8 Å². The molecule has 0 radical (unpaired) electrons. The largest absolute Gasteiger partial charge is 0.332 e. The molecular weight excluding hydrogens is 296 g/mol. The lowest BCUT2D eigenvalue weighted by atomic mass is 10.2. The van der Waals surface area contributed by atoms with E-state index in [-0.39, 0.29) is 0 Å². The fourth-order valence-corrected chi connectivity index (χ4v) is 2.82. The van der Waals surface area contributed by atoms with Crippen LogP contribution in [0.2, 0.25) is 0 Å². The first-order valence-corrected chi connectivity index (χ1v) is 8.06. The molecular formula is C16H18N4OS. The number of hydrogen-bond donors (Lipinski definition) is 1. The normalized spacial score (nSPS) is 12.5. The molecule has 0 aliphatic rings. The highest BCUT2D eigenvalue weighted by Gasteiger charge is 2.14. The molecule has 0 saturated heterocycles. The monoisotopic (exact) mass is 314 g/mol. The number of aryl methyl sites for hydroxylation is 1. The highest BCUT2D eigenvalue weighted by atomic mass is 32.1. The number of likely N-dealkylation sites (N-methyl/N-ethyl adjacent to an activating group) is 1. The fourth-order valence-electron chi connectivity index (χ4n) is 2.02. The van der Waals surface area contributed by atoms with Gasteiger partial charge in [-0.3, -0.25) is 0 Å². The smallest absolute Gasteiger partial charge is 0.277 e. The van der Waals surface area contributed by atoms with Crippen LogP contribution >= 0.6 is 11.3 Å². The summed E-state index contributed by atoms with van der Waals surface area (Å²) in [7, 11) is 1.92.